The van der Waals surface area contributed by atoms with Crippen LogP contribution >= 0.6 is 15.9 Å². The molecule has 4 nitrogen and oxygen atoms in total. The number of rotatable bonds is 2. The zero-order chi connectivity index (χ0) is 15.8. The molecular weight excluding hydrogens is 354 g/mol. The van der Waals surface area contributed by atoms with E-state index in [-0.39, 0.29) is 5.56 Å². The molecule has 0 radical (unpaired) electrons. The molecule has 1 aliphatic rings. The van der Waals surface area contributed by atoms with E-state index in [0.29, 0.717) is 12.2 Å². The first-order chi connectivity index (χ1) is 11.2. The Kier molecular flexibility index (Phi) is 3.75. The van der Waals surface area contributed by atoms with Gasteiger partial charge in [-0.2, -0.15) is 0 Å². The third kappa shape index (κ3) is 2.94. The minimum absolute atomic E-state index is 0.0382. The number of nitrogens with zero attached hydrogens (tertiary/aromatic N) is 3. The maximum absolute atomic E-state index is 12.3. The first-order valence-electron chi connectivity index (χ1n) is 7.66. The lowest BCUT2D eigenvalue weighted by Crippen LogP contribution is -2.31. The minimum Gasteiger partial charge on any atom is -0.293 e. The molecule has 0 saturated heterocycles. The van der Waals surface area contributed by atoms with E-state index in [9.17, 15) is 4.79 Å². The van der Waals surface area contributed by atoms with Crippen molar-refractivity contribution in [3.8, 4) is 0 Å². The van der Waals surface area contributed by atoms with E-state index in [1.165, 1.54) is 11.1 Å². The molecule has 0 aliphatic carbocycles. The Morgan fingerprint density at radius 1 is 1.13 bits per heavy atom. The van der Waals surface area contributed by atoms with Crippen LogP contribution in [0.4, 0.5) is 0 Å². The molecule has 0 atom stereocenters. The minimum atomic E-state index is -0.0382. The van der Waals surface area contributed by atoms with Gasteiger partial charge in [-0.3, -0.25) is 14.1 Å². The third-order valence-corrected chi connectivity index (χ3v) is 4.74. The number of fused-ring (bicyclic) bond motifs is 2. The van der Waals surface area contributed by atoms with E-state index in [2.05, 4.69) is 50.1 Å². The van der Waals surface area contributed by atoms with E-state index in [1.54, 1.807) is 16.7 Å². The first kappa shape index (κ1) is 14.6. The molecule has 2 aromatic heterocycles. The molecule has 3 heterocycles. The molecule has 23 heavy (non-hydrogen) atoms. The van der Waals surface area contributed by atoms with Crippen molar-refractivity contribution in [2.75, 3.05) is 6.54 Å². The summed E-state index contributed by atoms with van der Waals surface area (Å²) in [4.78, 5) is 19.2. The summed E-state index contributed by atoms with van der Waals surface area (Å²) in [5.41, 5.74) is 4.29. The maximum atomic E-state index is 12.3. The van der Waals surface area contributed by atoms with Crippen molar-refractivity contribution >= 4 is 21.6 Å². The van der Waals surface area contributed by atoms with Gasteiger partial charge in [0.05, 0.1) is 5.69 Å². The molecule has 4 rings (SSSR count). The van der Waals surface area contributed by atoms with E-state index < -0.39 is 0 Å². The SMILES string of the molecule is O=c1cc(CN2CCc3ccccc3C2)nc2ccc(Br)cn12. The Morgan fingerprint density at radius 2 is 1.96 bits per heavy atom. The van der Waals surface area contributed by atoms with Crippen LogP contribution in [0.2, 0.25) is 0 Å². The van der Waals surface area contributed by atoms with Crippen molar-refractivity contribution in [2.24, 2.45) is 0 Å². The predicted octanol–water partition coefficient (Wildman–Crippen LogP) is 3.02. The summed E-state index contributed by atoms with van der Waals surface area (Å²) >= 11 is 3.38. The number of hydrogen-bond acceptors (Lipinski definition) is 3. The van der Waals surface area contributed by atoms with Crippen molar-refractivity contribution in [3.05, 3.63) is 80.3 Å². The number of aromatic nitrogens is 2. The predicted molar refractivity (Wildman–Crippen MR) is 93.4 cm³/mol. The van der Waals surface area contributed by atoms with Gasteiger partial charge in [-0.15, -0.1) is 0 Å². The van der Waals surface area contributed by atoms with Crippen LogP contribution in [0.5, 0.6) is 0 Å². The lowest BCUT2D eigenvalue weighted by Gasteiger charge is -2.28. The van der Waals surface area contributed by atoms with Gasteiger partial charge in [0.15, 0.2) is 0 Å². The molecule has 1 aromatic carbocycles. The topological polar surface area (TPSA) is 37.6 Å². The van der Waals surface area contributed by atoms with E-state index in [4.69, 9.17) is 0 Å². The molecule has 5 heteroatoms. The van der Waals surface area contributed by atoms with Gasteiger partial charge >= 0.3 is 0 Å². The monoisotopic (exact) mass is 369 g/mol. The lowest BCUT2D eigenvalue weighted by atomic mass is 10.00. The molecule has 0 N–H and O–H groups in total. The maximum Gasteiger partial charge on any atom is 0.258 e. The van der Waals surface area contributed by atoms with Crippen LogP contribution in [0, 0.1) is 0 Å². The smallest absolute Gasteiger partial charge is 0.258 e. The van der Waals surface area contributed by atoms with Gasteiger partial charge in [-0.05, 0) is 45.6 Å². The molecule has 0 saturated carbocycles. The van der Waals surface area contributed by atoms with E-state index >= 15 is 0 Å². The fourth-order valence-corrected chi connectivity index (χ4v) is 3.46. The first-order valence-corrected chi connectivity index (χ1v) is 8.45. The number of pyridine rings is 1. The summed E-state index contributed by atoms with van der Waals surface area (Å²) in [7, 11) is 0. The Balaban J connectivity index is 1.61. The Bertz CT molecular complexity index is 935. The van der Waals surface area contributed by atoms with Gasteiger partial charge in [-0.25, -0.2) is 4.98 Å². The largest absolute Gasteiger partial charge is 0.293 e. The van der Waals surface area contributed by atoms with E-state index in [1.807, 2.05) is 12.1 Å². The molecule has 0 spiro atoms. The van der Waals surface area contributed by atoms with Gasteiger partial charge < -0.3 is 0 Å². The average Bonchev–Trinajstić information content (AvgIpc) is 2.55. The normalized spacial score (nSPS) is 14.8. The van der Waals surface area contributed by atoms with Gasteiger partial charge in [0.1, 0.15) is 5.65 Å². The summed E-state index contributed by atoms with van der Waals surface area (Å²) in [6, 6.07) is 14.0. The van der Waals surface area contributed by atoms with Crippen LogP contribution in [0.15, 0.2) is 57.9 Å². The van der Waals surface area contributed by atoms with Gasteiger partial charge in [0.2, 0.25) is 0 Å². The highest BCUT2D eigenvalue weighted by Gasteiger charge is 2.16. The highest BCUT2D eigenvalue weighted by molar-refractivity contribution is 9.10. The van der Waals surface area contributed by atoms with Gasteiger partial charge in [0, 0.05) is 36.4 Å². The summed E-state index contributed by atoms with van der Waals surface area (Å²) in [6.07, 6.45) is 2.81. The molecule has 0 fully saturated rings. The lowest BCUT2D eigenvalue weighted by molar-refractivity contribution is 0.242. The molecule has 0 unspecified atom stereocenters. The molecule has 3 aromatic rings. The number of halogens is 1. The second-order valence-corrected chi connectivity index (χ2v) is 6.81. The van der Waals surface area contributed by atoms with Gasteiger partial charge in [-0.1, -0.05) is 24.3 Å². The standard InChI is InChI=1S/C18H16BrN3O/c19-15-5-6-17-20-16(9-18(23)22(17)11-15)12-21-8-7-13-3-1-2-4-14(13)10-21/h1-6,9,11H,7-8,10,12H2. The molecule has 1 aliphatic heterocycles. The summed E-state index contributed by atoms with van der Waals surface area (Å²) in [5.74, 6) is 0. The Labute approximate surface area is 142 Å². The Morgan fingerprint density at radius 3 is 2.83 bits per heavy atom. The summed E-state index contributed by atoms with van der Waals surface area (Å²) in [5, 5.41) is 0. The van der Waals surface area contributed by atoms with E-state index in [0.717, 1.165) is 29.7 Å². The third-order valence-electron chi connectivity index (χ3n) is 4.27. The van der Waals surface area contributed by atoms with Crippen molar-refractivity contribution in [2.45, 2.75) is 19.5 Å². The fraction of sp³-hybridized carbons (Fsp3) is 0.222. The van der Waals surface area contributed by atoms with Crippen LogP contribution in [0.3, 0.4) is 0 Å². The quantitative estimate of drug-likeness (QED) is 0.696. The highest BCUT2D eigenvalue weighted by atomic mass is 79.9. The van der Waals surface area contributed by atoms with Crippen molar-refractivity contribution < 1.29 is 0 Å². The second kappa shape index (κ2) is 5.91. The van der Waals surface area contributed by atoms with Crippen LogP contribution in [0.25, 0.3) is 5.65 Å². The molecule has 116 valence electrons. The molecule has 0 bridgehead atoms. The van der Waals surface area contributed by atoms with Crippen molar-refractivity contribution in [1.29, 1.82) is 0 Å². The number of benzene rings is 1. The average molecular weight is 370 g/mol. The Hall–Kier alpha value is -1.98. The zero-order valence-electron chi connectivity index (χ0n) is 12.6. The second-order valence-electron chi connectivity index (χ2n) is 5.89. The summed E-state index contributed by atoms with van der Waals surface area (Å²) in [6.45, 7) is 2.62. The van der Waals surface area contributed by atoms with Crippen LogP contribution < -0.4 is 5.56 Å². The van der Waals surface area contributed by atoms with Crippen LogP contribution in [-0.2, 0) is 19.5 Å². The van der Waals surface area contributed by atoms with Crippen molar-refractivity contribution in [1.82, 2.24) is 14.3 Å². The van der Waals surface area contributed by atoms with Crippen molar-refractivity contribution in [3.63, 3.8) is 0 Å². The highest BCUT2D eigenvalue weighted by Crippen LogP contribution is 2.19. The zero-order valence-corrected chi connectivity index (χ0v) is 14.2. The number of hydrogen-bond donors (Lipinski definition) is 0. The molecular formula is C18H16BrN3O. The summed E-state index contributed by atoms with van der Waals surface area (Å²) < 4.78 is 2.44. The van der Waals surface area contributed by atoms with Crippen LogP contribution in [0.1, 0.15) is 16.8 Å². The van der Waals surface area contributed by atoms with Crippen LogP contribution in [-0.4, -0.2) is 20.8 Å². The fourth-order valence-electron chi connectivity index (χ4n) is 3.13. The van der Waals surface area contributed by atoms with Gasteiger partial charge in [0.25, 0.3) is 5.56 Å². The molecule has 0 amide bonds.